The van der Waals surface area contributed by atoms with Gasteiger partial charge in [0.15, 0.2) is 0 Å². The number of halogens is 1. The molecule has 0 radical (unpaired) electrons. The van der Waals surface area contributed by atoms with Crippen LogP contribution in [0.3, 0.4) is 0 Å². The fraction of sp³-hybridized carbons (Fsp3) is 0.688. The number of hydrogen-bond donors (Lipinski definition) is 0. The molecule has 2 rings (SSSR count). The van der Waals surface area contributed by atoms with E-state index in [2.05, 4.69) is 9.97 Å². The van der Waals surface area contributed by atoms with Crippen molar-refractivity contribution in [3.63, 3.8) is 0 Å². The van der Waals surface area contributed by atoms with Gasteiger partial charge in [-0.1, -0.05) is 11.6 Å². The summed E-state index contributed by atoms with van der Waals surface area (Å²) in [4.78, 5) is 22.3. The summed E-state index contributed by atoms with van der Waals surface area (Å²) in [7, 11) is -1.42. The maximum Gasteiger partial charge on any atom is 0.410 e. The molecule has 1 saturated heterocycles. The SMILES string of the molecule is Cc1cc(Cl)nc(S(=O)CC2CCCCN2C(=O)OC(C)(C)C)n1. The van der Waals surface area contributed by atoms with E-state index in [1.54, 1.807) is 17.9 Å². The Morgan fingerprint density at radius 1 is 1.42 bits per heavy atom. The number of amides is 1. The molecule has 0 bridgehead atoms. The molecule has 6 nitrogen and oxygen atoms in total. The number of likely N-dealkylation sites (tertiary alicyclic amines) is 1. The summed E-state index contributed by atoms with van der Waals surface area (Å²) in [5.74, 6) is 0.291. The summed E-state index contributed by atoms with van der Waals surface area (Å²) in [5, 5.41) is 0.494. The fourth-order valence-corrected chi connectivity index (χ4v) is 4.17. The maximum absolute atomic E-state index is 12.6. The number of ether oxygens (including phenoxy) is 1. The topological polar surface area (TPSA) is 72.4 Å². The highest BCUT2D eigenvalue weighted by molar-refractivity contribution is 7.84. The zero-order valence-corrected chi connectivity index (χ0v) is 16.1. The summed E-state index contributed by atoms with van der Waals surface area (Å²) in [6, 6.07) is 1.48. The van der Waals surface area contributed by atoms with Crippen LogP contribution >= 0.6 is 11.6 Å². The standard InChI is InChI=1S/C16H24ClN3O3S/c1-11-9-13(17)19-14(18-11)24(22)10-12-7-5-6-8-20(12)15(21)23-16(2,3)4/h9,12H,5-8,10H2,1-4H3. The Balaban J connectivity index is 2.10. The Hall–Kier alpha value is -1.21. The van der Waals surface area contributed by atoms with Crippen LogP contribution in [0.1, 0.15) is 45.7 Å². The maximum atomic E-state index is 12.6. The molecule has 0 aromatic carbocycles. The normalized spacial score (nSPS) is 19.9. The molecule has 1 aromatic rings. The highest BCUT2D eigenvalue weighted by Gasteiger charge is 2.32. The minimum absolute atomic E-state index is 0.141. The molecule has 134 valence electrons. The number of aryl methyl sites for hydroxylation is 1. The molecule has 1 aliphatic heterocycles. The number of piperidine rings is 1. The highest BCUT2D eigenvalue weighted by Crippen LogP contribution is 2.22. The van der Waals surface area contributed by atoms with Crippen LogP contribution in [0.2, 0.25) is 5.15 Å². The van der Waals surface area contributed by atoms with Gasteiger partial charge in [0.1, 0.15) is 10.8 Å². The molecule has 2 heterocycles. The quantitative estimate of drug-likeness (QED) is 0.600. The first-order chi connectivity index (χ1) is 11.2. The molecule has 1 aliphatic rings. The van der Waals surface area contributed by atoms with Crippen LogP contribution < -0.4 is 0 Å². The number of nitrogens with zero attached hydrogens (tertiary/aromatic N) is 3. The molecule has 8 heteroatoms. The number of carbonyl (C=O) groups is 1. The van der Waals surface area contributed by atoms with Gasteiger partial charge in [-0.3, -0.25) is 4.21 Å². The molecule has 1 fully saturated rings. The average molecular weight is 374 g/mol. The van der Waals surface area contributed by atoms with Crippen molar-refractivity contribution in [1.29, 1.82) is 0 Å². The Morgan fingerprint density at radius 2 is 2.12 bits per heavy atom. The summed E-state index contributed by atoms with van der Waals surface area (Å²) >= 11 is 5.92. The van der Waals surface area contributed by atoms with E-state index in [1.165, 1.54) is 0 Å². The molecule has 2 atom stereocenters. The van der Waals surface area contributed by atoms with Crippen LogP contribution in [0.15, 0.2) is 11.2 Å². The van der Waals surface area contributed by atoms with E-state index in [9.17, 15) is 9.00 Å². The summed E-state index contributed by atoms with van der Waals surface area (Å²) in [6.07, 6.45) is 2.36. The monoisotopic (exact) mass is 373 g/mol. The van der Waals surface area contributed by atoms with Gasteiger partial charge in [0.05, 0.1) is 16.6 Å². The molecular formula is C16H24ClN3O3S. The Labute approximate surface area is 150 Å². The van der Waals surface area contributed by atoms with Crippen LogP contribution in [0.25, 0.3) is 0 Å². The van der Waals surface area contributed by atoms with Gasteiger partial charge in [0.2, 0.25) is 5.16 Å². The van der Waals surface area contributed by atoms with Crippen LogP contribution in [0, 0.1) is 6.92 Å². The second-order valence-corrected chi connectivity index (χ2v) is 8.73. The lowest BCUT2D eigenvalue weighted by Gasteiger charge is -2.36. The molecule has 24 heavy (non-hydrogen) atoms. The summed E-state index contributed by atoms with van der Waals surface area (Å²) in [6.45, 7) is 7.91. The molecule has 0 saturated carbocycles. The molecule has 1 amide bonds. The van der Waals surface area contributed by atoms with E-state index < -0.39 is 16.4 Å². The second kappa shape index (κ2) is 7.78. The summed E-state index contributed by atoms with van der Waals surface area (Å²) in [5.41, 5.74) is 0.122. The zero-order valence-electron chi connectivity index (χ0n) is 14.5. The van der Waals surface area contributed by atoms with E-state index in [-0.39, 0.29) is 22.4 Å². The molecule has 0 spiro atoms. The van der Waals surface area contributed by atoms with Crippen LogP contribution in [0.5, 0.6) is 0 Å². The highest BCUT2D eigenvalue weighted by atomic mass is 35.5. The largest absolute Gasteiger partial charge is 0.444 e. The predicted octanol–water partition coefficient (Wildman–Crippen LogP) is 3.34. The number of rotatable bonds is 3. The summed E-state index contributed by atoms with van der Waals surface area (Å²) < 4.78 is 18.1. The number of aromatic nitrogens is 2. The van der Waals surface area contributed by atoms with E-state index in [4.69, 9.17) is 16.3 Å². The molecule has 2 unspecified atom stereocenters. The van der Waals surface area contributed by atoms with Crippen molar-refractivity contribution in [2.24, 2.45) is 0 Å². The average Bonchev–Trinajstić information content (AvgIpc) is 2.44. The van der Waals surface area contributed by atoms with Crippen molar-refractivity contribution in [2.45, 2.75) is 63.8 Å². The zero-order chi connectivity index (χ0) is 17.9. The Bertz CT molecular complexity index is 613. The van der Waals surface area contributed by atoms with E-state index in [1.807, 2.05) is 20.8 Å². The number of hydrogen-bond acceptors (Lipinski definition) is 5. The molecular weight excluding hydrogens is 350 g/mol. The van der Waals surface area contributed by atoms with Crippen molar-refractivity contribution < 1.29 is 13.7 Å². The van der Waals surface area contributed by atoms with Crippen molar-refractivity contribution >= 4 is 28.5 Å². The number of carbonyl (C=O) groups excluding carboxylic acids is 1. The van der Waals surface area contributed by atoms with Crippen LogP contribution in [-0.2, 0) is 15.5 Å². The minimum atomic E-state index is -1.42. The van der Waals surface area contributed by atoms with Gasteiger partial charge in [-0.25, -0.2) is 14.8 Å². The lowest BCUT2D eigenvalue weighted by molar-refractivity contribution is 0.0125. The van der Waals surface area contributed by atoms with Crippen molar-refractivity contribution in [3.8, 4) is 0 Å². The first kappa shape index (κ1) is 19.1. The van der Waals surface area contributed by atoms with E-state index in [0.717, 1.165) is 19.3 Å². The first-order valence-corrected chi connectivity index (χ1v) is 9.74. The third kappa shape index (κ3) is 5.41. The smallest absolute Gasteiger partial charge is 0.410 e. The Morgan fingerprint density at radius 3 is 2.75 bits per heavy atom. The lowest BCUT2D eigenvalue weighted by atomic mass is 10.0. The van der Waals surface area contributed by atoms with Crippen molar-refractivity contribution in [3.05, 3.63) is 16.9 Å². The van der Waals surface area contributed by atoms with Gasteiger partial charge in [0.25, 0.3) is 0 Å². The van der Waals surface area contributed by atoms with Gasteiger partial charge >= 0.3 is 6.09 Å². The lowest BCUT2D eigenvalue weighted by Crippen LogP contribution is -2.48. The predicted molar refractivity (Wildman–Crippen MR) is 93.6 cm³/mol. The second-order valence-electron chi connectivity index (χ2n) is 6.95. The molecule has 0 aliphatic carbocycles. The molecule has 1 aromatic heterocycles. The van der Waals surface area contributed by atoms with Crippen LogP contribution in [-0.4, -0.2) is 49.1 Å². The Kier molecular flexibility index (Phi) is 6.20. The van der Waals surface area contributed by atoms with Gasteiger partial charge in [0, 0.05) is 18.3 Å². The molecule has 0 N–H and O–H groups in total. The van der Waals surface area contributed by atoms with Crippen molar-refractivity contribution in [2.75, 3.05) is 12.3 Å². The van der Waals surface area contributed by atoms with Crippen LogP contribution in [0.4, 0.5) is 4.79 Å². The first-order valence-electron chi connectivity index (χ1n) is 8.05. The van der Waals surface area contributed by atoms with Gasteiger partial charge in [-0.2, -0.15) is 0 Å². The minimum Gasteiger partial charge on any atom is -0.444 e. The van der Waals surface area contributed by atoms with E-state index in [0.29, 0.717) is 18.0 Å². The van der Waals surface area contributed by atoms with Crippen molar-refractivity contribution in [1.82, 2.24) is 14.9 Å². The van der Waals surface area contributed by atoms with Gasteiger partial charge < -0.3 is 9.64 Å². The fourth-order valence-electron chi connectivity index (χ4n) is 2.59. The third-order valence-electron chi connectivity index (χ3n) is 3.60. The van der Waals surface area contributed by atoms with Gasteiger partial charge in [-0.15, -0.1) is 0 Å². The van der Waals surface area contributed by atoms with E-state index >= 15 is 0 Å². The van der Waals surface area contributed by atoms with Gasteiger partial charge in [-0.05, 0) is 53.0 Å². The third-order valence-corrected chi connectivity index (χ3v) is 5.08.